The summed E-state index contributed by atoms with van der Waals surface area (Å²) in [5, 5.41) is 0. The van der Waals surface area contributed by atoms with Crippen molar-refractivity contribution in [3.8, 4) is 0 Å². The third-order valence-electron chi connectivity index (χ3n) is 3.00. The number of anilines is 1. The summed E-state index contributed by atoms with van der Waals surface area (Å²) in [5.41, 5.74) is 1.62. The van der Waals surface area contributed by atoms with Gasteiger partial charge in [0.2, 0.25) is 5.91 Å². The Kier molecular flexibility index (Phi) is 6.09. The van der Waals surface area contributed by atoms with E-state index < -0.39 is 12.0 Å². The molecule has 5 heteroatoms. The van der Waals surface area contributed by atoms with Gasteiger partial charge in [-0.15, -0.1) is 0 Å². The number of rotatable bonds is 6. The summed E-state index contributed by atoms with van der Waals surface area (Å²) in [6, 6.07) is 6.27. The van der Waals surface area contributed by atoms with Crippen molar-refractivity contribution in [3.63, 3.8) is 0 Å². The highest BCUT2D eigenvalue weighted by Crippen LogP contribution is 2.21. The lowest BCUT2D eigenvalue weighted by Crippen LogP contribution is -2.46. The molecular weight excluding hydrogens is 270 g/mol. The fourth-order valence-corrected chi connectivity index (χ4v) is 2.08. The largest absolute Gasteiger partial charge is 0.464 e. The molecule has 0 heterocycles. The van der Waals surface area contributed by atoms with E-state index in [0.717, 1.165) is 5.56 Å². The number of nitrogens with zero attached hydrogens (tertiary/aromatic N) is 1. The number of carbonyl (C=O) groups excluding carboxylic acids is 3. The molecule has 0 aliphatic carbocycles. The molecular formula is C16H21NO4. The summed E-state index contributed by atoms with van der Waals surface area (Å²) in [6.45, 7) is 6.58. The van der Waals surface area contributed by atoms with Crippen molar-refractivity contribution in [2.24, 2.45) is 0 Å². The molecule has 0 fully saturated rings. The van der Waals surface area contributed by atoms with Crippen LogP contribution in [0.2, 0.25) is 0 Å². The van der Waals surface area contributed by atoms with Crippen LogP contribution in [-0.2, 0) is 19.1 Å². The van der Waals surface area contributed by atoms with Gasteiger partial charge in [0.25, 0.3) is 0 Å². The second-order valence-corrected chi connectivity index (χ2v) is 4.90. The number of esters is 1. The van der Waals surface area contributed by atoms with Crippen molar-refractivity contribution >= 4 is 23.3 Å². The van der Waals surface area contributed by atoms with Gasteiger partial charge in [-0.05, 0) is 32.9 Å². The molecule has 0 bridgehead atoms. The number of carbonyl (C=O) groups is 3. The van der Waals surface area contributed by atoms with Crippen LogP contribution in [0, 0.1) is 6.92 Å². The SMILES string of the molecule is CCOC(=O)C(CC(C)=O)N(C(C)=O)c1ccc(C)cc1. The summed E-state index contributed by atoms with van der Waals surface area (Å²) in [7, 11) is 0. The first-order chi connectivity index (χ1) is 9.86. The Bertz CT molecular complexity index is 522. The monoisotopic (exact) mass is 291 g/mol. The van der Waals surface area contributed by atoms with Gasteiger partial charge < -0.3 is 4.74 Å². The molecule has 1 unspecified atom stereocenters. The van der Waals surface area contributed by atoms with E-state index in [1.165, 1.54) is 18.7 Å². The molecule has 114 valence electrons. The first-order valence-corrected chi connectivity index (χ1v) is 6.89. The molecule has 0 radical (unpaired) electrons. The third kappa shape index (κ3) is 4.70. The van der Waals surface area contributed by atoms with Gasteiger partial charge in [-0.2, -0.15) is 0 Å². The van der Waals surface area contributed by atoms with Crippen molar-refractivity contribution in [2.45, 2.75) is 40.2 Å². The lowest BCUT2D eigenvalue weighted by atomic mass is 10.1. The molecule has 0 aromatic heterocycles. The Hall–Kier alpha value is -2.17. The van der Waals surface area contributed by atoms with Crippen LogP contribution in [0.5, 0.6) is 0 Å². The highest BCUT2D eigenvalue weighted by atomic mass is 16.5. The minimum Gasteiger partial charge on any atom is -0.464 e. The fourth-order valence-electron chi connectivity index (χ4n) is 2.08. The number of hydrogen-bond acceptors (Lipinski definition) is 4. The molecule has 1 amide bonds. The van der Waals surface area contributed by atoms with Gasteiger partial charge in [-0.3, -0.25) is 14.5 Å². The summed E-state index contributed by atoms with van der Waals surface area (Å²) in [5.74, 6) is -1.05. The molecule has 21 heavy (non-hydrogen) atoms. The van der Waals surface area contributed by atoms with Crippen molar-refractivity contribution in [3.05, 3.63) is 29.8 Å². The van der Waals surface area contributed by atoms with E-state index in [9.17, 15) is 14.4 Å². The number of aryl methyl sites for hydroxylation is 1. The second-order valence-electron chi connectivity index (χ2n) is 4.90. The van der Waals surface area contributed by atoms with Crippen LogP contribution in [0.25, 0.3) is 0 Å². The number of Topliss-reactive ketones (excluding diaryl/α,β-unsaturated/α-hetero) is 1. The molecule has 1 aromatic rings. The van der Waals surface area contributed by atoms with E-state index in [4.69, 9.17) is 4.74 Å². The summed E-state index contributed by atoms with van der Waals surface area (Å²) in [6.07, 6.45) is -0.0632. The van der Waals surface area contributed by atoms with Crippen LogP contribution < -0.4 is 4.90 Å². The van der Waals surface area contributed by atoms with Crippen LogP contribution >= 0.6 is 0 Å². The quantitative estimate of drug-likeness (QED) is 0.754. The number of ketones is 1. The van der Waals surface area contributed by atoms with Gasteiger partial charge in [-0.25, -0.2) is 4.79 Å². The standard InChI is InChI=1S/C16H21NO4/c1-5-21-16(20)15(10-12(3)18)17(13(4)19)14-8-6-11(2)7-9-14/h6-9,15H,5,10H2,1-4H3. The van der Waals surface area contributed by atoms with Crippen molar-refractivity contribution in [2.75, 3.05) is 11.5 Å². The minimum atomic E-state index is -0.928. The number of hydrogen-bond donors (Lipinski definition) is 0. The Morgan fingerprint density at radius 1 is 1.14 bits per heavy atom. The normalized spacial score (nSPS) is 11.6. The van der Waals surface area contributed by atoms with Crippen LogP contribution in [0.3, 0.4) is 0 Å². The van der Waals surface area contributed by atoms with Crippen molar-refractivity contribution in [1.29, 1.82) is 0 Å². The van der Waals surface area contributed by atoms with E-state index >= 15 is 0 Å². The first kappa shape index (κ1) is 16.9. The van der Waals surface area contributed by atoms with Crippen molar-refractivity contribution < 1.29 is 19.1 Å². The molecule has 0 aliphatic heterocycles. The summed E-state index contributed by atoms with van der Waals surface area (Å²) in [4.78, 5) is 36.8. The Labute approximate surface area is 124 Å². The first-order valence-electron chi connectivity index (χ1n) is 6.89. The molecule has 1 rings (SSSR count). The molecule has 5 nitrogen and oxygen atoms in total. The van der Waals surface area contributed by atoms with E-state index in [0.29, 0.717) is 5.69 Å². The zero-order chi connectivity index (χ0) is 16.0. The van der Waals surface area contributed by atoms with Crippen LogP contribution in [0.4, 0.5) is 5.69 Å². The molecule has 0 aliphatic rings. The lowest BCUT2D eigenvalue weighted by molar-refractivity contribution is -0.147. The molecule has 0 saturated carbocycles. The van der Waals surface area contributed by atoms with Crippen LogP contribution in [0.1, 0.15) is 32.8 Å². The molecule has 1 atom stereocenters. The van der Waals surface area contributed by atoms with Gasteiger partial charge in [0.15, 0.2) is 0 Å². The zero-order valence-corrected chi connectivity index (χ0v) is 12.9. The second kappa shape index (κ2) is 7.57. The maximum atomic E-state index is 12.1. The zero-order valence-electron chi connectivity index (χ0n) is 12.9. The molecule has 0 saturated heterocycles. The Balaban J connectivity index is 3.18. The summed E-state index contributed by atoms with van der Waals surface area (Å²) < 4.78 is 5.00. The van der Waals surface area contributed by atoms with Gasteiger partial charge in [0.05, 0.1) is 6.61 Å². The maximum absolute atomic E-state index is 12.1. The van der Waals surface area contributed by atoms with Gasteiger partial charge in [0, 0.05) is 19.0 Å². The minimum absolute atomic E-state index is 0.0632. The third-order valence-corrected chi connectivity index (χ3v) is 3.00. The highest BCUT2D eigenvalue weighted by molar-refractivity contribution is 6.00. The molecule has 1 aromatic carbocycles. The Morgan fingerprint density at radius 3 is 2.14 bits per heavy atom. The lowest BCUT2D eigenvalue weighted by Gasteiger charge is -2.29. The van der Waals surface area contributed by atoms with Crippen LogP contribution in [-0.4, -0.2) is 30.3 Å². The highest BCUT2D eigenvalue weighted by Gasteiger charge is 2.31. The predicted octanol–water partition coefficient (Wildman–Crippen LogP) is 2.26. The Morgan fingerprint density at radius 2 is 1.71 bits per heavy atom. The number of ether oxygens (including phenoxy) is 1. The number of amides is 1. The van der Waals surface area contributed by atoms with Gasteiger partial charge in [-0.1, -0.05) is 17.7 Å². The molecule has 0 N–H and O–H groups in total. The van der Waals surface area contributed by atoms with Gasteiger partial charge in [0.1, 0.15) is 11.8 Å². The topological polar surface area (TPSA) is 63.7 Å². The smallest absolute Gasteiger partial charge is 0.329 e. The van der Waals surface area contributed by atoms with E-state index in [1.54, 1.807) is 19.1 Å². The van der Waals surface area contributed by atoms with E-state index in [-0.39, 0.29) is 24.7 Å². The van der Waals surface area contributed by atoms with Gasteiger partial charge >= 0.3 is 5.97 Å². The average molecular weight is 291 g/mol. The molecule has 0 spiro atoms. The summed E-state index contributed by atoms with van der Waals surface area (Å²) >= 11 is 0. The maximum Gasteiger partial charge on any atom is 0.329 e. The van der Waals surface area contributed by atoms with E-state index in [2.05, 4.69) is 0 Å². The predicted molar refractivity (Wildman–Crippen MR) is 80.1 cm³/mol. The number of benzene rings is 1. The van der Waals surface area contributed by atoms with E-state index in [1.807, 2.05) is 19.1 Å². The average Bonchev–Trinajstić information content (AvgIpc) is 2.39. The fraction of sp³-hybridized carbons (Fsp3) is 0.438. The van der Waals surface area contributed by atoms with Crippen LogP contribution in [0.15, 0.2) is 24.3 Å². The van der Waals surface area contributed by atoms with Crippen molar-refractivity contribution in [1.82, 2.24) is 0 Å².